The van der Waals surface area contributed by atoms with Crippen LogP contribution in [0.5, 0.6) is 0 Å². The van der Waals surface area contributed by atoms with Crippen LogP contribution in [0.1, 0.15) is 29.3 Å². The van der Waals surface area contributed by atoms with Gasteiger partial charge in [-0.25, -0.2) is 4.98 Å². The Hall–Kier alpha value is -2.40. The molecule has 3 aromatic rings. The van der Waals surface area contributed by atoms with Crippen molar-refractivity contribution in [1.82, 2.24) is 9.97 Å². The van der Waals surface area contributed by atoms with E-state index in [0.717, 1.165) is 48.5 Å². The first-order valence-corrected chi connectivity index (χ1v) is 10.2. The Labute approximate surface area is 168 Å². The molecule has 2 heterocycles. The molecular formula is C22H23BrN4. The second kappa shape index (κ2) is 8.09. The van der Waals surface area contributed by atoms with Gasteiger partial charge in [-0.1, -0.05) is 59.3 Å². The highest BCUT2D eigenvalue weighted by Crippen LogP contribution is 2.27. The molecule has 1 aromatic heterocycles. The molecule has 27 heavy (non-hydrogen) atoms. The highest BCUT2D eigenvalue weighted by Gasteiger charge is 2.19. The fourth-order valence-electron chi connectivity index (χ4n) is 3.40. The number of anilines is 2. The fourth-order valence-corrected chi connectivity index (χ4v) is 3.81. The van der Waals surface area contributed by atoms with Gasteiger partial charge >= 0.3 is 0 Å². The molecule has 2 aromatic carbocycles. The smallest absolute Gasteiger partial charge is 0.225 e. The molecule has 0 spiro atoms. The van der Waals surface area contributed by atoms with Crippen molar-refractivity contribution in [3.05, 3.63) is 81.5 Å². The first-order chi connectivity index (χ1) is 13.2. The monoisotopic (exact) mass is 422 g/mol. The van der Waals surface area contributed by atoms with E-state index in [1.54, 1.807) is 0 Å². The maximum absolute atomic E-state index is 4.81. The zero-order chi connectivity index (χ0) is 18.6. The van der Waals surface area contributed by atoms with Gasteiger partial charge in [0.15, 0.2) is 0 Å². The molecule has 0 bridgehead atoms. The van der Waals surface area contributed by atoms with Crippen LogP contribution >= 0.6 is 15.9 Å². The van der Waals surface area contributed by atoms with Gasteiger partial charge in [0, 0.05) is 35.9 Å². The molecule has 0 fully saturated rings. The lowest BCUT2D eigenvalue weighted by Crippen LogP contribution is -2.31. The van der Waals surface area contributed by atoms with Crippen molar-refractivity contribution in [2.24, 2.45) is 0 Å². The van der Waals surface area contributed by atoms with Gasteiger partial charge in [-0.3, -0.25) is 0 Å². The highest BCUT2D eigenvalue weighted by molar-refractivity contribution is 9.10. The number of nitrogens with one attached hydrogen (secondary N) is 1. The summed E-state index contributed by atoms with van der Waals surface area (Å²) < 4.78 is 1.13. The molecule has 0 aliphatic carbocycles. The summed E-state index contributed by atoms with van der Waals surface area (Å²) in [4.78, 5) is 11.8. The van der Waals surface area contributed by atoms with Crippen LogP contribution in [0, 0.1) is 0 Å². The number of fused-ring (bicyclic) bond motifs is 1. The second-order valence-electron chi connectivity index (χ2n) is 6.82. The van der Waals surface area contributed by atoms with Gasteiger partial charge in [-0.15, -0.1) is 0 Å². The van der Waals surface area contributed by atoms with Crippen molar-refractivity contribution in [3.8, 4) is 0 Å². The van der Waals surface area contributed by atoms with E-state index >= 15 is 0 Å². The third kappa shape index (κ3) is 4.30. The number of aryl methyl sites for hydroxylation is 1. The Morgan fingerprint density at radius 1 is 1.04 bits per heavy atom. The number of halogens is 1. The summed E-state index contributed by atoms with van der Waals surface area (Å²) in [5.41, 5.74) is 5.09. The van der Waals surface area contributed by atoms with E-state index < -0.39 is 0 Å². The van der Waals surface area contributed by atoms with Crippen molar-refractivity contribution < 1.29 is 0 Å². The van der Waals surface area contributed by atoms with Crippen LogP contribution in [0.2, 0.25) is 0 Å². The Morgan fingerprint density at radius 2 is 1.89 bits per heavy atom. The van der Waals surface area contributed by atoms with Crippen LogP contribution in [0.4, 0.5) is 11.8 Å². The molecule has 1 aliphatic heterocycles. The maximum Gasteiger partial charge on any atom is 0.225 e. The molecule has 5 heteroatoms. The zero-order valence-electron chi connectivity index (χ0n) is 15.5. The molecule has 0 saturated carbocycles. The Bertz CT molecular complexity index is 927. The van der Waals surface area contributed by atoms with Gasteiger partial charge in [0.1, 0.15) is 5.82 Å². The third-order valence-corrected chi connectivity index (χ3v) is 5.42. The lowest BCUT2D eigenvalue weighted by molar-refractivity contribution is 0.717. The maximum atomic E-state index is 4.81. The van der Waals surface area contributed by atoms with Crippen molar-refractivity contribution in [2.45, 2.75) is 32.9 Å². The average molecular weight is 423 g/mol. The predicted molar refractivity (Wildman–Crippen MR) is 114 cm³/mol. The standard InChI is InChI=1S/C22H23BrN4/c1-2-20-13-21(26-22(25-20)24-14-16-6-4-3-5-7-16)27-11-10-17-8-9-19(23)12-18(17)15-27/h3-9,12-13H,2,10-11,14-15H2,1H3,(H,24,25,26). The summed E-state index contributed by atoms with van der Waals surface area (Å²) in [6.45, 7) is 4.72. The Kier molecular flexibility index (Phi) is 5.39. The number of aromatic nitrogens is 2. The van der Waals surface area contributed by atoms with Crippen LogP contribution in [-0.2, 0) is 25.9 Å². The zero-order valence-corrected chi connectivity index (χ0v) is 17.0. The minimum Gasteiger partial charge on any atom is -0.352 e. The van der Waals surface area contributed by atoms with E-state index in [1.807, 2.05) is 6.07 Å². The van der Waals surface area contributed by atoms with Crippen molar-refractivity contribution >= 4 is 27.7 Å². The largest absolute Gasteiger partial charge is 0.352 e. The van der Waals surface area contributed by atoms with E-state index in [4.69, 9.17) is 4.98 Å². The lowest BCUT2D eigenvalue weighted by Gasteiger charge is -2.30. The normalized spacial score (nSPS) is 13.3. The van der Waals surface area contributed by atoms with Crippen molar-refractivity contribution in [1.29, 1.82) is 0 Å². The summed E-state index contributed by atoms with van der Waals surface area (Å²) in [6.07, 6.45) is 1.94. The summed E-state index contributed by atoms with van der Waals surface area (Å²) in [5, 5.41) is 3.39. The van der Waals surface area contributed by atoms with Crippen molar-refractivity contribution in [2.75, 3.05) is 16.8 Å². The minimum atomic E-state index is 0.702. The molecular weight excluding hydrogens is 400 g/mol. The summed E-state index contributed by atoms with van der Waals surface area (Å²) in [6, 6.07) is 19.0. The quantitative estimate of drug-likeness (QED) is 0.629. The number of hydrogen-bond donors (Lipinski definition) is 1. The molecule has 0 amide bonds. The van der Waals surface area contributed by atoms with Gasteiger partial charge in [-0.05, 0) is 41.7 Å². The van der Waals surface area contributed by atoms with E-state index in [9.17, 15) is 0 Å². The third-order valence-electron chi connectivity index (χ3n) is 4.93. The molecule has 0 saturated heterocycles. The van der Waals surface area contributed by atoms with E-state index in [1.165, 1.54) is 16.7 Å². The molecule has 138 valence electrons. The van der Waals surface area contributed by atoms with Gasteiger partial charge in [0.05, 0.1) is 0 Å². The summed E-state index contributed by atoms with van der Waals surface area (Å²) in [5.74, 6) is 1.70. The van der Waals surface area contributed by atoms with Crippen LogP contribution < -0.4 is 10.2 Å². The van der Waals surface area contributed by atoms with E-state index in [0.29, 0.717) is 5.95 Å². The molecule has 0 atom stereocenters. The van der Waals surface area contributed by atoms with Crippen molar-refractivity contribution in [3.63, 3.8) is 0 Å². The summed E-state index contributed by atoms with van der Waals surface area (Å²) in [7, 11) is 0. The first-order valence-electron chi connectivity index (χ1n) is 9.39. The lowest BCUT2D eigenvalue weighted by atomic mass is 10.00. The van der Waals surface area contributed by atoms with Crippen LogP contribution in [-0.4, -0.2) is 16.5 Å². The highest BCUT2D eigenvalue weighted by atomic mass is 79.9. The molecule has 4 rings (SSSR count). The van der Waals surface area contributed by atoms with Gasteiger partial charge in [-0.2, -0.15) is 4.98 Å². The second-order valence-corrected chi connectivity index (χ2v) is 7.73. The topological polar surface area (TPSA) is 41.1 Å². The van der Waals surface area contributed by atoms with E-state index in [2.05, 4.69) is 86.6 Å². The molecule has 1 aliphatic rings. The molecule has 4 nitrogen and oxygen atoms in total. The fraction of sp³-hybridized carbons (Fsp3) is 0.273. The van der Waals surface area contributed by atoms with Gasteiger partial charge in [0.2, 0.25) is 5.95 Å². The number of rotatable bonds is 5. The SMILES string of the molecule is CCc1cc(N2CCc3ccc(Br)cc3C2)nc(NCc2ccccc2)n1. The Morgan fingerprint density at radius 3 is 2.70 bits per heavy atom. The molecule has 0 unspecified atom stereocenters. The number of benzene rings is 2. The van der Waals surface area contributed by atoms with Gasteiger partial charge in [0.25, 0.3) is 0 Å². The van der Waals surface area contributed by atoms with Crippen LogP contribution in [0.25, 0.3) is 0 Å². The predicted octanol–water partition coefficient (Wildman–Crippen LogP) is 4.98. The van der Waals surface area contributed by atoms with Crippen LogP contribution in [0.15, 0.2) is 59.1 Å². The Balaban J connectivity index is 1.55. The average Bonchev–Trinajstić information content (AvgIpc) is 2.72. The van der Waals surface area contributed by atoms with E-state index in [-0.39, 0.29) is 0 Å². The molecule has 1 N–H and O–H groups in total. The number of nitrogens with zero attached hydrogens (tertiary/aromatic N) is 3. The number of hydrogen-bond acceptors (Lipinski definition) is 4. The summed E-state index contributed by atoms with van der Waals surface area (Å²) >= 11 is 3.59. The molecule has 0 radical (unpaired) electrons. The minimum absolute atomic E-state index is 0.702. The van der Waals surface area contributed by atoms with Crippen LogP contribution in [0.3, 0.4) is 0 Å². The van der Waals surface area contributed by atoms with Gasteiger partial charge < -0.3 is 10.2 Å². The first kappa shape index (κ1) is 18.0.